The van der Waals surface area contributed by atoms with E-state index < -0.39 is 0 Å². The van der Waals surface area contributed by atoms with Crippen molar-refractivity contribution in [1.29, 1.82) is 0 Å². The molecule has 1 saturated carbocycles. The summed E-state index contributed by atoms with van der Waals surface area (Å²) >= 11 is 12.6. The largest absolute Gasteiger partial charge is 0.342 e. The van der Waals surface area contributed by atoms with Crippen LogP contribution in [0.25, 0.3) is 11.2 Å². The molecule has 2 aliphatic rings. The van der Waals surface area contributed by atoms with Gasteiger partial charge in [0.05, 0.1) is 6.54 Å². The zero-order valence-corrected chi connectivity index (χ0v) is 18.4. The van der Waals surface area contributed by atoms with Gasteiger partial charge in [-0.1, -0.05) is 40.9 Å². The fourth-order valence-corrected chi connectivity index (χ4v) is 4.85. The Bertz CT molecular complexity index is 1180. The highest BCUT2D eigenvalue weighted by Crippen LogP contribution is 2.32. The van der Waals surface area contributed by atoms with Gasteiger partial charge < -0.3 is 9.88 Å². The maximum atomic E-state index is 12.7. The summed E-state index contributed by atoms with van der Waals surface area (Å²) in [5.74, 6) is 0.943. The van der Waals surface area contributed by atoms with Crippen LogP contribution in [-0.4, -0.2) is 48.9 Å². The number of benzene rings is 1. The van der Waals surface area contributed by atoms with Crippen LogP contribution in [0.4, 0.5) is 0 Å². The quantitative estimate of drug-likeness (QED) is 0.643. The van der Waals surface area contributed by atoms with Gasteiger partial charge in [0, 0.05) is 40.5 Å². The van der Waals surface area contributed by atoms with E-state index in [1.54, 1.807) is 22.9 Å². The fraction of sp³-hybridized carbons (Fsp3) is 0.476. The molecular formula is C21H22Cl2N6O2. The van der Waals surface area contributed by atoms with Gasteiger partial charge in [-0.25, -0.2) is 9.67 Å². The number of aromatic nitrogens is 5. The van der Waals surface area contributed by atoms with Crippen molar-refractivity contribution in [2.45, 2.75) is 44.6 Å². The Kier molecular flexibility index (Phi) is 5.44. The van der Waals surface area contributed by atoms with Gasteiger partial charge in [0.15, 0.2) is 11.2 Å². The van der Waals surface area contributed by atoms with Gasteiger partial charge in [-0.3, -0.25) is 9.59 Å². The average molecular weight is 461 g/mol. The molecule has 1 saturated heterocycles. The van der Waals surface area contributed by atoms with E-state index in [4.69, 9.17) is 28.2 Å². The Morgan fingerprint density at radius 2 is 1.94 bits per heavy atom. The van der Waals surface area contributed by atoms with Gasteiger partial charge in [0.2, 0.25) is 5.91 Å². The molecule has 0 radical (unpaired) electrons. The summed E-state index contributed by atoms with van der Waals surface area (Å²) in [4.78, 5) is 34.9. The Labute approximate surface area is 188 Å². The van der Waals surface area contributed by atoms with E-state index in [1.165, 1.54) is 0 Å². The summed E-state index contributed by atoms with van der Waals surface area (Å²) in [5.41, 5.74) is 0.914. The predicted octanol–water partition coefficient (Wildman–Crippen LogP) is 3.38. The first-order chi connectivity index (χ1) is 15.0. The zero-order chi connectivity index (χ0) is 21.5. The Morgan fingerprint density at radius 3 is 2.65 bits per heavy atom. The molecule has 8 nitrogen and oxygen atoms in total. The molecule has 1 unspecified atom stereocenters. The number of amides is 1. The van der Waals surface area contributed by atoms with Crippen LogP contribution >= 0.6 is 23.2 Å². The molecular weight excluding hydrogens is 439 g/mol. The van der Waals surface area contributed by atoms with E-state index in [2.05, 4.69) is 15.3 Å². The third kappa shape index (κ3) is 3.83. The lowest BCUT2D eigenvalue weighted by atomic mass is 9.83. The molecule has 162 valence electrons. The molecule has 0 spiro atoms. The minimum Gasteiger partial charge on any atom is -0.342 e. The van der Waals surface area contributed by atoms with Gasteiger partial charge in [0.1, 0.15) is 5.82 Å². The maximum Gasteiger partial charge on any atom is 0.281 e. The van der Waals surface area contributed by atoms with Crippen molar-refractivity contribution in [3.63, 3.8) is 0 Å². The van der Waals surface area contributed by atoms with Crippen LogP contribution in [0.3, 0.4) is 0 Å². The predicted molar refractivity (Wildman–Crippen MR) is 117 cm³/mol. The second-order valence-corrected chi connectivity index (χ2v) is 9.14. The number of nitrogens with one attached hydrogen (secondary N) is 1. The van der Waals surface area contributed by atoms with Crippen LogP contribution in [0, 0.1) is 5.92 Å². The third-order valence-corrected chi connectivity index (χ3v) is 7.04. The van der Waals surface area contributed by atoms with E-state index in [-0.39, 0.29) is 35.4 Å². The minimum absolute atomic E-state index is 0.0258. The number of aromatic amines is 1. The first-order valence-corrected chi connectivity index (χ1v) is 11.3. The molecule has 2 fully saturated rings. The van der Waals surface area contributed by atoms with Crippen molar-refractivity contribution in [1.82, 2.24) is 29.9 Å². The number of hydrogen-bond acceptors (Lipinski definition) is 5. The van der Waals surface area contributed by atoms with E-state index in [0.717, 1.165) is 38.6 Å². The second kappa shape index (κ2) is 8.24. The highest BCUT2D eigenvalue weighted by molar-refractivity contribution is 6.36. The number of carbonyl (C=O) groups excluding carboxylic acids is 1. The molecule has 5 rings (SSSR count). The fourth-order valence-electron chi connectivity index (χ4n) is 4.33. The van der Waals surface area contributed by atoms with Crippen molar-refractivity contribution in [3.05, 3.63) is 50.0 Å². The van der Waals surface area contributed by atoms with Gasteiger partial charge in [-0.15, -0.1) is 5.10 Å². The molecule has 1 N–H and O–H groups in total. The molecule has 3 aromatic rings. The van der Waals surface area contributed by atoms with E-state index in [0.29, 0.717) is 33.6 Å². The summed E-state index contributed by atoms with van der Waals surface area (Å²) in [6, 6.07) is 5.28. The summed E-state index contributed by atoms with van der Waals surface area (Å²) < 4.78 is 1.54. The Hall–Kier alpha value is -2.45. The summed E-state index contributed by atoms with van der Waals surface area (Å²) in [7, 11) is 0. The van der Waals surface area contributed by atoms with Gasteiger partial charge >= 0.3 is 0 Å². The van der Waals surface area contributed by atoms with Gasteiger partial charge in [-0.05, 0) is 37.8 Å². The van der Waals surface area contributed by atoms with Crippen molar-refractivity contribution in [2.75, 3.05) is 13.1 Å². The number of carbonyl (C=O) groups is 1. The molecule has 31 heavy (non-hydrogen) atoms. The molecule has 1 atom stereocenters. The molecule has 1 aromatic carbocycles. The number of piperidine rings is 1. The molecule has 2 aromatic heterocycles. The van der Waals surface area contributed by atoms with E-state index in [9.17, 15) is 9.59 Å². The van der Waals surface area contributed by atoms with Crippen LogP contribution in [0.1, 0.15) is 49.4 Å². The number of H-pyrrole nitrogens is 1. The monoisotopic (exact) mass is 460 g/mol. The summed E-state index contributed by atoms with van der Waals surface area (Å²) in [6.07, 6.45) is 4.84. The van der Waals surface area contributed by atoms with Crippen LogP contribution in [-0.2, 0) is 11.3 Å². The van der Waals surface area contributed by atoms with Crippen molar-refractivity contribution in [3.8, 4) is 0 Å². The van der Waals surface area contributed by atoms with Crippen LogP contribution < -0.4 is 5.56 Å². The molecule has 3 heterocycles. The number of hydrogen-bond donors (Lipinski definition) is 1. The highest BCUT2D eigenvalue weighted by atomic mass is 35.5. The molecule has 0 bridgehead atoms. The lowest BCUT2D eigenvalue weighted by Gasteiger charge is -2.36. The highest BCUT2D eigenvalue weighted by Gasteiger charge is 2.33. The van der Waals surface area contributed by atoms with Gasteiger partial charge in [0.25, 0.3) is 5.56 Å². The van der Waals surface area contributed by atoms with Crippen LogP contribution in [0.15, 0.2) is 23.0 Å². The topological polar surface area (TPSA) is 96.8 Å². The molecule has 1 aliphatic heterocycles. The molecule has 1 aliphatic carbocycles. The van der Waals surface area contributed by atoms with Crippen LogP contribution in [0.5, 0.6) is 0 Å². The third-order valence-electron chi connectivity index (χ3n) is 6.34. The number of likely N-dealkylation sites (tertiary alicyclic amines) is 1. The number of rotatable bonds is 4. The minimum atomic E-state index is -0.334. The number of fused-ring (bicyclic) bond motifs is 1. The first-order valence-electron chi connectivity index (χ1n) is 10.6. The van der Waals surface area contributed by atoms with Crippen LogP contribution in [0.2, 0.25) is 10.0 Å². The smallest absolute Gasteiger partial charge is 0.281 e. The van der Waals surface area contributed by atoms with Gasteiger partial charge in [-0.2, -0.15) is 0 Å². The van der Waals surface area contributed by atoms with E-state index >= 15 is 0 Å². The standard InChI is InChI=1S/C21H22Cl2N6O2/c22-15-7-2-8-16(23)14(15)11-29-19-17(26-27-29)20(30)25-18(24-19)13-6-3-9-28(10-13)21(31)12-4-1-5-12/h2,7-8,12-13H,1,3-6,9-11H2,(H,24,25,30). The van der Waals surface area contributed by atoms with Crippen molar-refractivity contribution >= 4 is 40.3 Å². The Morgan fingerprint density at radius 1 is 1.16 bits per heavy atom. The lowest BCUT2D eigenvalue weighted by Crippen LogP contribution is -2.44. The summed E-state index contributed by atoms with van der Waals surface area (Å²) in [5, 5.41) is 9.13. The lowest BCUT2D eigenvalue weighted by molar-refractivity contribution is -0.139. The van der Waals surface area contributed by atoms with Crippen molar-refractivity contribution < 1.29 is 4.79 Å². The normalized spacial score (nSPS) is 19.5. The maximum absolute atomic E-state index is 12.7. The zero-order valence-electron chi connectivity index (χ0n) is 16.9. The second-order valence-electron chi connectivity index (χ2n) is 8.32. The SMILES string of the molecule is O=C(C1CCC1)N1CCCC(c2nc3c(nnn3Cc3c(Cl)cccc3Cl)c(=O)[nH]2)C1. The molecule has 1 amide bonds. The first kappa shape index (κ1) is 20.5. The Balaban J connectivity index is 1.45. The molecule has 10 heteroatoms. The number of nitrogens with zero attached hydrogens (tertiary/aromatic N) is 5. The average Bonchev–Trinajstić information content (AvgIpc) is 3.13. The summed E-state index contributed by atoms with van der Waals surface area (Å²) in [6.45, 7) is 1.59. The van der Waals surface area contributed by atoms with E-state index in [1.807, 2.05) is 4.90 Å². The number of halogens is 2. The van der Waals surface area contributed by atoms with Crippen molar-refractivity contribution in [2.24, 2.45) is 5.92 Å².